The van der Waals surface area contributed by atoms with Gasteiger partial charge in [-0.2, -0.15) is 35.8 Å². The van der Waals surface area contributed by atoms with Gasteiger partial charge in [0.05, 0.1) is 21.8 Å². The maximum absolute atomic E-state index is 16.6. The number of rotatable bonds is 7. The van der Waals surface area contributed by atoms with E-state index in [1.165, 1.54) is 13.0 Å². The minimum absolute atomic E-state index is 0.105. The summed E-state index contributed by atoms with van der Waals surface area (Å²) in [6, 6.07) is 2.22. The van der Waals surface area contributed by atoms with Crippen LogP contribution in [-0.2, 0) is 6.18 Å². The molecular formula is C29H34ClF4N7O2S. The highest BCUT2D eigenvalue weighted by molar-refractivity contribution is 7.80. The van der Waals surface area contributed by atoms with Gasteiger partial charge in [-0.3, -0.25) is 0 Å². The number of benzene rings is 1. The van der Waals surface area contributed by atoms with Gasteiger partial charge in [-0.15, -0.1) is 0 Å². The van der Waals surface area contributed by atoms with E-state index in [4.69, 9.17) is 22.1 Å². The van der Waals surface area contributed by atoms with E-state index in [9.17, 15) is 18.3 Å². The summed E-state index contributed by atoms with van der Waals surface area (Å²) in [5, 5.41) is 10.3. The van der Waals surface area contributed by atoms with Crippen LogP contribution in [-0.4, -0.2) is 87.5 Å². The SMILES string of the molecule is Cc1cc(N)nc(-c2c(Cl)cc3c(N4CCN(/C(O)=C/CS)C[C@@H]4C)nc(OC[C@@H]4CCCN4C)nc3c2F)c1C(F)(F)F. The molecule has 0 amide bonds. The molecule has 5 rings (SSSR count). The predicted molar refractivity (Wildman–Crippen MR) is 166 cm³/mol. The van der Waals surface area contributed by atoms with Gasteiger partial charge in [0.1, 0.15) is 23.8 Å². The van der Waals surface area contributed by atoms with Crippen LogP contribution in [0.1, 0.15) is 30.9 Å². The van der Waals surface area contributed by atoms with Crippen molar-refractivity contribution in [1.82, 2.24) is 24.8 Å². The summed E-state index contributed by atoms with van der Waals surface area (Å²) in [6.07, 6.45) is -1.34. The zero-order chi connectivity index (χ0) is 31.9. The first-order valence-electron chi connectivity index (χ1n) is 14.2. The first-order valence-corrected chi connectivity index (χ1v) is 15.2. The summed E-state index contributed by atoms with van der Waals surface area (Å²) in [4.78, 5) is 18.8. The van der Waals surface area contributed by atoms with Gasteiger partial charge < -0.3 is 30.3 Å². The maximum atomic E-state index is 16.6. The molecule has 0 radical (unpaired) electrons. The molecule has 2 aliphatic heterocycles. The molecule has 0 bridgehead atoms. The minimum Gasteiger partial charge on any atom is -0.495 e. The molecule has 4 heterocycles. The number of pyridine rings is 1. The van der Waals surface area contributed by atoms with Gasteiger partial charge in [0, 0.05) is 42.9 Å². The average molecular weight is 656 g/mol. The van der Waals surface area contributed by atoms with Crippen LogP contribution in [0.5, 0.6) is 6.01 Å². The second-order valence-electron chi connectivity index (χ2n) is 11.2. The third-order valence-corrected chi connectivity index (χ3v) is 8.65. The number of halogens is 5. The van der Waals surface area contributed by atoms with Crippen molar-refractivity contribution in [2.75, 3.05) is 56.2 Å². The molecule has 2 saturated heterocycles. The van der Waals surface area contributed by atoms with E-state index in [0.29, 0.717) is 31.2 Å². The lowest BCUT2D eigenvalue weighted by atomic mass is 9.99. The third kappa shape index (κ3) is 6.29. The lowest BCUT2D eigenvalue weighted by molar-refractivity contribution is -0.137. The number of likely N-dealkylation sites (tertiary alicyclic amines) is 1. The monoisotopic (exact) mass is 655 g/mol. The van der Waals surface area contributed by atoms with Crippen LogP contribution in [0.2, 0.25) is 5.02 Å². The lowest BCUT2D eigenvalue weighted by Gasteiger charge is -2.41. The van der Waals surface area contributed by atoms with Crippen LogP contribution in [0.25, 0.3) is 22.2 Å². The molecule has 0 saturated carbocycles. The van der Waals surface area contributed by atoms with Crippen molar-refractivity contribution in [3.8, 4) is 17.3 Å². The number of nitrogens with two attached hydrogens (primary N) is 1. The molecule has 44 heavy (non-hydrogen) atoms. The number of alkyl halides is 3. The Bertz CT molecular complexity index is 1590. The van der Waals surface area contributed by atoms with Crippen molar-refractivity contribution in [3.05, 3.63) is 46.1 Å². The van der Waals surface area contributed by atoms with Gasteiger partial charge in [-0.1, -0.05) is 11.6 Å². The zero-order valence-corrected chi connectivity index (χ0v) is 26.1. The number of thiol groups is 1. The number of hydrogen-bond acceptors (Lipinski definition) is 10. The van der Waals surface area contributed by atoms with Gasteiger partial charge in [0.2, 0.25) is 0 Å². The molecular weight excluding hydrogens is 622 g/mol. The largest absolute Gasteiger partial charge is 0.495 e. The Morgan fingerprint density at radius 1 is 1.23 bits per heavy atom. The number of likely N-dealkylation sites (N-methyl/N-ethyl adjacent to an activating group) is 1. The first kappa shape index (κ1) is 32.2. The number of aliphatic hydroxyl groups excluding tert-OH is 1. The minimum atomic E-state index is -4.86. The Morgan fingerprint density at radius 2 is 1.98 bits per heavy atom. The number of aliphatic hydroxyl groups is 1. The topological polar surface area (TPSA) is 104 Å². The molecule has 2 aromatic heterocycles. The van der Waals surface area contributed by atoms with Gasteiger partial charge in [-0.05, 0) is 64.1 Å². The predicted octanol–water partition coefficient (Wildman–Crippen LogP) is 5.71. The van der Waals surface area contributed by atoms with E-state index in [0.717, 1.165) is 25.5 Å². The molecule has 0 aliphatic carbocycles. The highest BCUT2D eigenvalue weighted by Crippen LogP contribution is 2.44. The second kappa shape index (κ2) is 12.6. The summed E-state index contributed by atoms with van der Waals surface area (Å²) in [6.45, 7) is 5.54. The Labute approximate surface area is 263 Å². The summed E-state index contributed by atoms with van der Waals surface area (Å²) in [7, 11) is 1.99. The Balaban J connectivity index is 1.66. The molecule has 9 nitrogen and oxygen atoms in total. The fourth-order valence-electron chi connectivity index (χ4n) is 5.95. The lowest BCUT2D eigenvalue weighted by Crippen LogP contribution is -2.52. The number of fused-ring (bicyclic) bond motifs is 1. The maximum Gasteiger partial charge on any atom is 0.418 e. The average Bonchev–Trinajstić information content (AvgIpc) is 3.35. The molecule has 3 aromatic rings. The highest BCUT2D eigenvalue weighted by atomic mass is 35.5. The van der Waals surface area contributed by atoms with E-state index in [2.05, 4.69) is 32.5 Å². The molecule has 0 unspecified atom stereocenters. The fourth-order valence-corrected chi connectivity index (χ4v) is 6.39. The molecule has 0 spiro atoms. The van der Waals surface area contributed by atoms with Crippen molar-refractivity contribution < 1.29 is 27.4 Å². The molecule has 2 fully saturated rings. The first-order chi connectivity index (χ1) is 20.8. The molecule has 15 heteroatoms. The smallest absolute Gasteiger partial charge is 0.418 e. The zero-order valence-electron chi connectivity index (χ0n) is 24.5. The van der Waals surface area contributed by atoms with Gasteiger partial charge in [0.25, 0.3) is 0 Å². The van der Waals surface area contributed by atoms with Gasteiger partial charge >= 0.3 is 12.2 Å². The Hall–Kier alpha value is -3.23. The molecule has 1 aromatic carbocycles. The van der Waals surface area contributed by atoms with Crippen molar-refractivity contribution in [2.45, 2.75) is 44.9 Å². The van der Waals surface area contributed by atoms with Crippen molar-refractivity contribution in [1.29, 1.82) is 0 Å². The number of piperazine rings is 1. The number of nitrogens with zero attached hydrogens (tertiary/aromatic N) is 6. The van der Waals surface area contributed by atoms with Crippen molar-refractivity contribution >= 4 is 46.8 Å². The van der Waals surface area contributed by atoms with Crippen LogP contribution >= 0.6 is 24.2 Å². The summed E-state index contributed by atoms with van der Waals surface area (Å²) in [5.74, 6) is -0.521. The summed E-state index contributed by atoms with van der Waals surface area (Å²) in [5.41, 5.74) is 2.92. The van der Waals surface area contributed by atoms with Crippen LogP contribution in [0.3, 0.4) is 0 Å². The summed E-state index contributed by atoms with van der Waals surface area (Å²) < 4.78 is 65.2. The van der Waals surface area contributed by atoms with Crippen molar-refractivity contribution in [3.63, 3.8) is 0 Å². The van der Waals surface area contributed by atoms with E-state index < -0.39 is 28.8 Å². The third-order valence-electron chi connectivity index (χ3n) is 8.17. The van der Waals surface area contributed by atoms with Crippen LogP contribution in [0.4, 0.5) is 29.2 Å². The molecule has 2 atom stereocenters. The number of ether oxygens (including phenoxy) is 1. The number of aromatic nitrogens is 3. The number of nitrogen functional groups attached to an aromatic ring is 1. The quantitative estimate of drug-likeness (QED) is 0.168. The van der Waals surface area contributed by atoms with Gasteiger partial charge in [-0.25, -0.2) is 9.37 Å². The van der Waals surface area contributed by atoms with Gasteiger partial charge in [0.15, 0.2) is 11.7 Å². The standard InChI is InChI=1S/C29H34ClF4N7O2S/c1-15-11-20(35)36-26(23(15)29(32,33)34)22-19(30)12-18-25(24(22)31)37-28(43-14-17-5-4-7-39(17)3)38-27(18)41-9-8-40(13-16(41)2)21(42)6-10-44/h6,11-12,16-17,42,44H,4-5,7-10,13-14H2,1-3H3,(H2,35,36)/b21-6-/t16-,17-/m0/s1. The van der Waals surface area contributed by atoms with E-state index in [1.807, 2.05) is 18.9 Å². The molecule has 2 aliphatic rings. The number of hydrogen-bond donors (Lipinski definition) is 3. The van der Waals surface area contributed by atoms with Crippen LogP contribution in [0, 0.1) is 12.7 Å². The Morgan fingerprint density at radius 3 is 2.61 bits per heavy atom. The Kier molecular flexibility index (Phi) is 9.24. The molecule has 238 valence electrons. The molecule has 3 N–H and O–H groups in total. The van der Waals surface area contributed by atoms with Crippen LogP contribution < -0.4 is 15.4 Å². The van der Waals surface area contributed by atoms with Crippen LogP contribution in [0.15, 0.2) is 24.1 Å². The fraction of sp³-hybridized carbons (Fsp3) is 0.483. The normalized spacial score (nSPS) is 20.2. The highest BCUT2D eigenvalue weighted by Gasteiger charge is 2.39. The summed E-state index contributed by atoms with van der Waals surface area (Å²) >= 11 is 10.7. The number of anilines is 2. The van der Waals surface area contributed by atoms with Crippen molar-refractivity contribution in [2.24, 2.45) is 0 Å². The number of aryl methyl sites for hydroxylation is 1. The van der Waals surface area contributed by atoms with E-state index in [1.54, 1.807) is 11.0 Å². The van der Waals surface area contributed by atoms with E-state index in [-0.39, 0.29) is 57.9 Å². The van der Waals surface area contributed by atoms with E-state index >= 15 is 4.39 Å². The second-order valence-corrected chi connectivity index (χ2v) is 12.0.